The summed E-state index contributed by atoms with van der Waals surface area (Å²) in [6.45, 7) is 0. The molecule has 1 fully saturated rings. The maximum absolute atomic E-state index is 13.3. The zero-order chi connectivity index (χ0) is 21.1. The average molecular weight is 401 g/mol. The Labute approximate surface area is 168 Å². The number of nitrogens with zero attached hydrogens (tertiary/aromatic N) is 1. The highest BCUT2D eigenvalue weighted by molar-refractivity contribution is 6.23. The van der Waals surface area contributed by atoms with E-state index < -0.39 is 5.92 Å². The number of imide groups is 1. The van der Waals surface area contributed by atoms with Gasteiger partial charge in [-0.15, -0.1) is 0 Å². The summed E-state index contributed by atoms with van der Waals surface area (Å²) in [6.07, 6.45) is -0.0165. The first-order chi connectivity index (χ1) is 14.0. The van der Waals surface area contributed by atoms with E-state index in [0.717, 1.165) is 4.90 Å². The van der Waals surface area contributed by atoms with E-state index in [1.54, 1.807) is 30.3 Å². The van der Waals surface area contributed by atoms with Crippen LogP contribution in [-0.4, -0.2) is 47.4 Å². The topological polar surface area (TPSA) is 83.5 Å². The van der Waals surface area contributed by atoms with E-state index in [1.165, 1.54) is 35.5 Å². The summed E-state index contributed by atoms with van der Waals surface area (Å²) in [6, 6.07) is 8.22. The summed E-state index contributed by atoms with van der Waals surface area (Å²) in [5.41, 5.74) is 0.886. The molecule has 0 radical (unpaired) electrons. The molecule has 2 aromatic rings. The van der Waals surface area contributed by atoms with E-state index in [-0.39, 0.29) is 18.2 Å². The number of benzene rings is 2. The van der Waals surface area contributed by atoms with Crippen LogP contribution in [0.1, 0.15) is 17.9 Å². The number of carbonyl (C=O) groups is 2. The van der Waals surface area contributed by atoms with Gasteiger partial charge in [0.2, 0.25) is 11.8 Å². The largest absolute Gasteiger partial charge is 0.497 e. The molecule has 1 aliphatic rings. The lowest BCUT2D eigenvalue weighted by molar-refractivity contribution is -0.121. The molecule has 0 bridgehead atoms. The van der Waals surface area contributed by atoms with Crippen LogP contribution in [0.4, 0.5) is 5.69 Å². The first kappa shape index (κ1) is 20.3. The lowest BCUT2D eigenvalue weighted by Crippen LogP contribution is -2.30. The molecule has 8 nitrogen and oxygen atoms in total. The second-order valence-electron chi connectivity index (χ2n) is 6.34. The number of methoxy groups -OCH3 is 5. The normalized spacial score (nSPS) is 16.0. The first-order valence-corrected chi connectivity index (χ1v) is 8.87. The van der Waals surface area contributed by atoms with Crippen LogP contribution in [0.15, 0.2) is 30.3 Å². The zero-order valence-electron chi connectivity index (χ0n) is 17.0. The van der Waals surface area contributed by atoms with Crippen molar-refractivity contribution < 1.29 is 33.3 Å². The molecule has 1 aliphatic heterocycles. The smallest absolute Gasteiger partial charge is 0.242 e. The van der Waals surface area contributed by atoms with Crippen LogP contribution < -0.4 is 28.6 Å². The second kappa shape index (κ2) is 8.30. The number of ether oxygens (including phenoxy) is 5. The Balaban J connectivity index is 2.07. The molecule has 0 saturated carbocycles. The Morgan fingerprint density at radius 1 is 0.724 bits per heavy atom. The van der Waals surface area contributed by atoms with Crippen molar-refractivity contribution in [3.8, 4) is 28.7 Å². The van der Waals surface area contributed by atoms with Crippen molar-refractivity contribution in [2.75, 3.05) is 40.4 Å². The minimum atomic E-state index is -0.754. The van der Waals surface area contributed by atoms with Gasteiger partial charge >= 0.3 is 0 Å². The maximum atomic E-state index is 13.3. The molecule has 154 valence electrons. The number of anilines is 1. The third-order valence-electron chi connectivity index (χ3n) is 4.84. The number of rotatable bonds is 7. The molecule has 0 spiro atoms. The summed E-state index contributed by atoms with van der Waals surface area (Å²) in [7, 11) is 7.51. The van der Waals surface area contributed by atoms with Crippen molar-refractivity contribution in [2.24, 2.45) is 0 Å². The van der Waals surface area contributed by atoms with Crippen LogP contribution >= 0.6 is 0 Å². The molecule has 8 heteroatoms. The SMILES string of the molecule is COc1cc(OC)cc(N2C(=O)CC(c3c(OC)cc(OC)cc3OC)C2=O)c1. The molecule has 0 aliphatic carbocycles. The summed E-state index contributed by atoms with van der Waals surface area (Å²) in [5.74, 6) is 0.826. The minimum absolute atomic E-state index is 0.0165. The Hall–Kier alpha value is -3.42. The van der Waals surface area contributed by atoms with Crippen LogP contribution in [0.5, 0.6) is 28.7 Å². The molecule has 1 unspecified atom stereocenters. The molecular weight excluding hydrogens is 378 g/mol. The second-order valence-corrected chi connectivity index (χ2v) is 6.34. The van der Waals surface area contributed by atoms with E-state index in [2.05, 4.69) is 0 Å². The van der Waals surface area contributed by atoms with Gasteiger partial charge in [0.1, 0.15) is 28.7 Å². The van der Waals surface area contributed by atoms with Crippen LogP contribution in [0.25, 0.3) is 0 Å². The Morgan fingerprint density at radius 3 is 1.66 bits per heavy atom. The van der Waals surface area contributed by atoms with Gasteiger partial charge in [0.05, 0.1) is 47.2 Å². The van der Waals surface area contributed by atoms with Crippen LogP contribution in [-0.2, 0) is 9.59 Å². The summed E-state index contributed by atoms with van der Waals surface area (Å²) in [5, 5.41) is 0. The van der Waals surface area contributed by atoms with Crippen molar-refractivity contribution in [3.63, 3.8) is 0 Å². The number of amides is 2. The molecule has 1 heterocycles. The Bertz CT molecular complexity index is 893. The molecule has 1 atom stereocenters. The van der Waals surface area contributed by atoms with E-state index in [0.29, 0.717) is 40.0 Å². The summed E-state index contributed by atoms with van der Waals surface area (Å²) >= 11 is 0. The lowest BCUT2D eigenvalue weighted by atomic mass is 9.95. The molecule has 0 N–H and O–H groups in total. The average Bonchev–Trinajstić information content (AvgIpc) is 3.05. The van der Waals surface area contributed by atoms with Crippen LogP contribution in [0.3, 0.4) is 0 Å². The standard InChI is InChI=1S/C21H23NO7/c1-25-13-6-12(7-14(8-13)26-2)22-19(23)11-16(21(22)24)20-17(28-4)9-15(27-3)10-18(20)29-5/h6-10,16H,11H2,1-5H3. The van der Waals surface area contributed by atoms with E-state index in [4.69, 9.17) is 23.7 Å². The molecular formula is C21H23NO7. The predicted molar refractivity (Wildman–Crippen MR) is 105 cm³/mol. The monoisotopic (exact) mass is 401 g/mol. The number of hydrogen-bond donors (Lipinski definition) is 0. The lowest BCUT2D eigenvalue weighted by Gasteiger charge is -2.20. The fourth-order valence-corrected chi connectivity index (χ4v) is 3.43. The van der Waals surface area contributed by atoms with E-state index >= 15 is 0 Å². The third kappa shape index (κ3) is 3.65. The van der Waals surface area contributed by atoms with Gasteiger partial charge in [-0.2, -0.15) is 0 Å². The molecule has 0 aromatic heterocycles. The third-order valence-corrected chi connectivity index (χ3v) is 4.84. The Kier molecular flexibility index (Phi) is 5.81. The first-order valence-electron chi connectivity index (χ1n) is 8.87. The predicted octanol–water partition coefficient (Wildman–Crippen LogP) is 2.78. The molecule has 1 saturated heterocycles. The van der Waals surface area contributed by atoms with Crippen molar-refractivity contribution >= 4 is 17.5 Å². The van der Waals surface area contributed by atoms with Crippen LogP contribution in [0.2, 0.25) is 0 Å². The highest BCUT2D eigenvalue weighted by Gasteiger charge is 2.43. The fourth-order valence-electron chi connectivity index (χ4n) is 3.43. The van der Waals surface area contributed by atoms with Crippen molar-refractivity contribution in [1.29, 1.82) is 0 Å². The van der Waals surface area contributed by atoms with Gasteiger partial charge in [0.15, 0.2) is 0 Å². The van der Waals surface area contributed by atoms with Gasteiger partial charge < -0.3 is 23.7 Å². The summed E-state index contributed by atoms with van der Waals surface area (Å²) in [4.78, 5) is 27.2. The zero-order valence-corrected chi connectivity index (χ0v) is 17.0. The Morgan fingerprint density at radius 2 is 1.21 bits per heavy atom. The molecule has 3 rings (SSSR count). The quantitative estimate of drug-likeness (QED) is 0.660. The number of carbonyl (C=O) groups excluding carboxylic acids is 2. The van der Waals surface area contributed by atoms with E-state index in [1.807, 2.05) is 0 Å². The van der Waals surface area contributed by atoms with E-state index in [9.17, 15) is 9.59 Å². The highest BCUT2D eigenvalue weighted by atomic mass is 16.5. The molecule has 2 amide bonds. The van der Waals surface area contributed by atoms with Crippen molar-refractivity contribution in [3.05, 3.63) is 35.9 Å². The molecule has 29 heavy (non-hydrogen) atoms. The summed E-state index contributed by atoms with van der Waals surface area (Å²) < 4.78 is 26.7. The highest BCUT2D eigenvalue weighted by Crippen LogP contribution is 2.45. The van der Waals surface area contributed by atoms with Crippen molar-refractivity contribution in [2.45, 2.75) is 12.3 Å². The van der Waals surface area contributed by atoms with Gasteiger partial charge in [-0.1, -0.05) is 0 Å². The maximum Gasteiger partial charge on any atom is 0.242 e. The van der Waals surface area contributed by atoms with Gasteiger partial charge in [-0.25, -0.2) is 4.90 Å². The fraction of sp³-hybridized carbons (Fsp3) is 0.333. The van der Waals surface area contributed by atoms with Gasteiger partial charge in [0, 0.05) is 42.3 Å². The molecule has 2 aromatic carbocycles. The van der Waals surface area contributed by atoms with Gasteiger partial charge in [0.25, 0.3) is 0 Å². The van der Waals surface area contributed by atoms with Gasteiger partial charge in [-0.3, -0.25) is 9.59 Å². The van der Waals surface area contributed by atoms with Crippen molar-refractivity contribution in [1.82, 2.24) is 0 Å². The van der Waals surface area contributed by atoms with Crippen LogP contribution in [0, 0.1) is 0 Å². The van der Waals surface area contributed by atoms with Gasteiger partial charge in [-0.05, 0) is 0 Å². The minimum Gasteiger partial charge on any atom is -0.497 e. The number of hydrogen-bond acceptors (Lipinski definition) is 7.